The maximum Gasteiger partial charge on any atom is 0.229 e. The molecular formula is C9H10N2O2. The molecule has 0 aliphatic carbocycles. The predicted molar refractivity (Wildman–Crippen MR) is 46.8 cm³/mol. The van der Waals surface area contributed by atoms with Gasteiger partial charge in [-0.25, -0.2) is 4.98 Å². The van der Waals surface area contributed by atoms with Crippen LogP contribution in [0.2, 0.25) is 0 Å². The monoisotopic (exact) mass is 178 g/mol. The van der Waals surface area contributed by atoms with Crippen molar-refractivity contribution in [2.24, 2.45) is 5.73 Å². The van der Waals surface area contributed by atoms with Crippen LogP contribution in [0, 0.1) is 6.92 Å². The van der Waals surface area contributed by atoms with Gasteiger partial charge >= 0.3 is 0 Å². The molecule has 0 unspecified atom stereocenters. The van der Waals surface area contributed by atoms with E-state index in [-0.39, 0.29) is 0 Å². The standard InChI is InChI=1S/C9H10N2O2/c1-6-8(4-10)13-9(11-6)7-2-3-12-5-7/h2-3,5H,4,10H2,1H3. The van der Waals surface area contributed by atoms with Crippen molar-refractivity contribution in [1.29, 1.82) is 0 Å². The first-order valence-corrected chi connectivity index (χ1v) is 4.00. The Morgan fingerprint density at radius 1 is 1.54 bits per heavy atom. The minimum Gasteiger partial charge on any atom is -0.472 e. The van der Waals surface area contributed by atoms with Gasteiger partial charge in [-0.2, -0.15) is 0 Å². The summed E-state index contributed by atoms with van der Waals surface area (Å²) < 4.78 is 10.3. The molecule has 0 saturated heterocycles. The molecule has 4 nitrogen and oxygen atoms in total. The first kappa shape index (κ1) is 8.07. The fourth-order valence-corrected chi connectivity index (χ4v) is 1.13. The number of hydrogen-bond acceptors (Lipinski definition) is 4. The van der Waals surface area contributed by atoms with Crippen molar-refractivity contribution in [3.63, 3.8) is 0 Å². The zero-order valence-electron chi connectivity index (χ0n) is 7.28. The van der Waals surface area contributed by atoms with E-state index in [0.29, 0.717) is 12.4 Å². The molecule has 0 aliphatic heterocycles. The predicted octanol–water partition coefficient (Wildman–Crippen LogP) is 1.70. The Morgan fingerprint density at radius 2 is 2.38 bits per heavy atom. The Kier molecular flexibility index (Phi) is 1.90. The van der Waals surface area contributed by atoms with Crippen LogP contribution in [0.5, 0.6) is 0 Å². The number of aromatic nitrogens is 1. The number of aryl methyl sites for hydroxylation is 1. The highest BCUT2D eigenvalue weighted by Crippen LogP contribution is 2.21. The van der Waals surface area contributed by atoms with Crippen molar-refractivity contribution in [3.8, 4) is 11.5 Å². The van der Waals surface area contributed by atoms with E-state index in [0.717, 1.165) is 17.0 Å². The lowest BCUT2D eigenvalue weighted by molar-refractivity contribution is 0.516. The van der Waals surface area contributed by atoms with Crippen molar-refractivity contribution >= 4 is 0 Å². The molecule has 0 fully saturated rings. The van der Waals surface area contributed by atoms with Gasteiger partial charge in [0.05, 0.1) is 24.1 Å². The third-order valence-electron chi connectivity index (χ3n) is 1.85. The van der Waals surface area contributed by atoms with Crippen molar-refractivity contribution in [2.45, 2.75) is 13.5 Å². The molecule has 0 radical (unpaired) electrons. The molecule has 2 heterocycles. The Bertz CT molecular complexity index is 390. The summed E-state index contributed by atoms with van der Waals surface area (Å²) in [6.45, 7) is 2.24. The number of furan rings is 1. The fraction of sp³-hybridized carbons (Fsp3) is 0.222. The van der Waals surface area contributed by atoms with Crippen molar-refractivity contribution in [2.75, 3.05) is 0 Å². The summed E-state index contributed by atoms with van der Waals surface area (Å²) in [4.78, 5) is 4.22. The maximum atomic E-state index is 5.46. The minimum atomic E-state index is 0.372. The Balaban J connectivity index is 2.43. The van der Waals surface area contributed by atoms with Gasteiger partial charge in [0.15, 0.2) is 0 Å². The molecule has 0 saturated carbocycles. The zero-order valence-corrected chi connectivity index (χ0v) is 7.28. The van der Waals surface area contributed by atoms with Gasteiger partial charge in [0.1, 0.15) is 12.0 Å². The number of oxazole rings is 1. The fourth-order valence-electron chi connectivity index (χ4n) is 1.13. The van der Waals surface area contributed by atoms with Crippen LogP contribution in [-0.2, 0) is 6.54 Å². The van der Waals surface area contributed by atoms with Gasteiger partial charge in [0, 0.05) is 0 Å². The molecule has 0 spiro atoms. The molecule has 2 aromatic heterocycles. The molecule has 2 aromatic rings. The molecular weight excluding hydrogens is 168 g/mol. The molecule has 0 atom stereocenters. The minimum absolute atomic E-state index is 0.372. The zero-order chi connectivity index (χ0) is 9.26. The summed E-state index contributed by atoms with van der Waals surface area (Å²) in [6.07, 6.45) is 3.17. The van der Waals surface area contributed by atoms with Gasteiger partial charge < -0.3 is 14.6 Å². The maximum absolute atomic E-state index is 5.46. The molecule has 0 bridgehead atoms. The van der Waals surface area contributed by atoms with Crippen LogP contribution < -0.4 is 5.73 Å². The van der Waals surface area contributed by atoms with E-state index >= 15 is 0 Å². The molecule has 0 amide bonds. The Hall–Kier alpha value is -1.55. The van der Waals surface area contributed by atoms with Crippen LogP contribution >= 0.6 is 0 Å². The normalized spacial score (nSPS) is 10.6. The largest absolute Gasteiger partial charge is 0.472 e. The number of nitrogens with zero attached hydrogens (tertiary/aromatic N) is 1. The SMILES string of the molecule is Cc1nc(-c2ccoc2)oc1CN. The van der Waals surface area contributed by atoms with E-state index in [1.165, 1.54) is 0 Å². The summed E-state index contributed by atoms with van der Waals surface area (Å²) in [7, 11) is 0. The lowest BCUT2D eigenvalue weighted by Gasteiger charge is -1.87. The van der Waals surface area contributed by atoms with E-state index in [4.69, 9.17) is 14.6 Å². The smallest absolute Gasteiger partial charge is 0.229 e. The highest BCUT2D eigenvalue weighted by atomic mass is 16.4. The first-order chi connectivity index (χ1) is 6.31. The molecule has 2 N–H and O–H groups in total. The Labute approximate surface area is 75.4 Å². The molecule has 2 rings (SSSR count). The molecule has 13 heavy (non-hydrogen) atoms. The topological polar surface area (TPSA) is 65.2 Å². The summed E-state index contributed by atoms with van der Waals surface area (Å²) in [6, 6.07) is 1.80. The lowest BCUT2D eigenvalue weighted by Crippen LogP contribution is -1.95. The van der Waals surface area contributed by atoms with E-state index in [9.17, 15) is 0 Å². The first-order valence-electron chi connectivity index (χ1n) is 4.00. The van der Waals surface area contributed by atoms with E-state index in [1.807, 2.05) is 6.92 Å². The lowest BCUT2D eigenvalue weighted by atomic mass is 10.3. The molecule has 68 valence electrons. The highest BCUT2D eigenvalue weighted by Gasteiger charge is 2.10. The number of nitrogens with two attached hydrogens (primary N) is 1. The van der Waals surface area contributed by atoms with Crippen LogP contribution in [0.3, 0.4) is 0 Å². The van der Waals surface area contributed by atoms with Crippen molar-refractivity contribution < 1.29 is 8.83 Å². The van der Waals surface area contributed by atoms with Gasteiger partial charge in [-0.15, -0.1) is 0 Å². The summed E-state index contributed by atoms with van der Waals surface area (Å²) >= 11 is 0. The third kappa shape index (κ3) is 1.36. The van der Waals surface area contributed by atoms with Crippen LogP contribution in [0.1, 0.15) is 11.5 Å². The van der Waals surface area contributed by atoms with Gasteiger partial charge in [-0.1, -0.05) is 0 Å². The highest BCUT2D eigenvalue weighted by molar-refractivity contribution is 5.51. The van der Waals surface area contributed by atoms with Crippen molar-refractivity contribution in [3.05, 3.63) is 30.0 Å². The quantitative estimate of drug-likeness (QED) is 0.760. The second-order valence-electron chi connectivity index (χ2n) is 2.74. The van der Waals surface area contributed by atoms with E-state index in [2.05, 4.69) is 4.98 Å². The summed E-state index contributed by atoms with van der Waals surface area (Å²) in [5.74, 6) is 1.28. The summed E-state index contributed by atoms with van der Waals surface area (Å²) in [5, 5.41) is 0. The Morgan fingerprint density at radius 3 is 2.92 bits per heavy atom. The van der Waals surface area contributed by atoms with Crippen LogP contribution in [0.15, 0.2) is 27.4 Å². The van der Waals surface area contributed by atoms with Gasteiger partial charge in [0.2, 0.25) is 5.89 Å². The number of rotatable bonds is 2. The molecule has 0 aliphatic rings. The van der Waals surface area contributed by atoms with E-state index in [1.54, 1.807) is 18.6 Å². The van der Waals surface area contributed by atoms with Crippen molar-refractivity contribution in [1.82, 2.24) is 4.98 Å². The summed E-state index contributed by atoms with van der Waals surface area (Å²) in [5.41, 5.74) is 7.13. The average Bonchev–Trinajstić information content (AvgIpc) is 2.71. The van der Waals surface area contributed by atoms with E-state index < -0.39 is 0 Å². The van der Waals surface area contributed by atoms with Gasteiger partial charge in [-0.3, -0.25) is 0 Å². The van der Waals surface area contributed by atoms with Crippen LogP contribution in [0.4, 0.5) is 0 Å². The van der Waals surface area contributed by atoms with Gasteiger partial charge in [0.25, 0.3) is 0 Å². The molecule has 0 aromatic carbocycles. The van der Waals surface area contributed by atoms with Crippen LogP contribution in [-0.4, -0.2) is 4.98 Å². The van der Waals surface area contributed by atoms with Gasteiger partial charge in [-0.05, 0) is 13.0 Å². The average molecular weight is 178 g/mol. The second-order valence-corrected chi connectivity index (χ2v) is 2.74. The third-order valence-corrected chi connectivity index (χ3v) is 1.85. The second kappa shape index (κ2) is 3.06. The van der Waals surface area contributed by atoms with Crippen LogP contribution in [0.25, 0.3) is 11.5 Å². The molecule has 4 heteroatoms. The number of hydrogen-bond donors (Lipinski definition) is 1.